The number of carbonyl (C=O) groups is 2. The third-order valence-electron chi connectivity index (χ3n) is 5.98. The Kier molecular flexibility index (Phi) is 6.35. The van der Waals surface area contributed by atoms with Crippen molar-refractivity contribution in [2.45, 2.75) is 51.4 Å². The van der Waals surface area contributed by atoms with Gasteiger partial charge in [-0.3, -0.25) is 4.79 Å². The molecule has 7 heteroatoms. The van der Waals surface area contributed by atoms with Gasteiger partial charge in [0, 0.05) is 23.6 Å². The van der Waals surface area contributed by atoms with Gasteiger partial charge >= 0.3 is 11.6 Å². The molecule has 0 unspecified atom stereocenters. The van der Waals surface area contributed by atoms with E-state index in [2.05, 4.69) is 5.32 Å². The van der Waals surface area contributed by atoms with Crippen molar-refractivity contribution >= 4 is 22.8 Å². The maximum Gasteiger partial charge on any atom is 0.344 e. The zero-order valence-electron chi connectivity index (χ0n) is 17.0. The second kappa shape index (κ2) is 9.32. The van der Waals surface area contributed by atoms with Gasteiger partial charge in [-0.05, 0) is 55.7 Å². The molecule has 1 aromatic heterocycles. The topological polar surface area (TPSA) is 94.8 Å². The molecule has 4 rings (SSSR count). The van der Waals surface area contributed by atoms with Crippen LogP contribution in [0.25, 0.3) is 11.0 Å². The lowest BCUT2D eigenvalue weighted by Crippen LogP contribution is -2.34. The number of amides is 1. The quantitative estimate of drug-likeness (QED) is 0.554. The van der Waals surface area contributed by atoms with Gasteiger partial charge in [-0.1, -0.05) is 19.3 Å². The van der Waals surface area contributed by atoms with E-state index in [1.165, 1.54) is 19.3 Å². The van der Waals surface area contributed by atoms with Crippen molar-refractivity contribution in [3.63, 3.8) is 0 Å². The lowest BCUT2D eigenvalue weighted by atomic mass is 9.89. The SMILES string of the molecule is O=C(COC(=O)COc1ccc2c3c(c(=O)oc2c1)CCC3)NCC1CCCCC1. The van der Waals surface area contributed by atoms with Crippen LogP contribution in [0.4, 0.5) is 0 Å². The minimum atomic E-state index is -0.627. The molecule has 0 saturated heterocycles. The van der Waals surface area contributed by atoms with Gasteiger partial charge in [0.15, 0.2) is 13.2 Å². The largest absolute Gasteiger partial charge is 0.482 e. The van der Waals surface area contributed by atoms with Crippen LogP contribution < -0.4 is 15.7 Å². The molecule has 2 aromatic rings. The highest BCUT2D eigenvalue weighted by molar-refractivity contribution is 5.83. The lowest BCUT2D eigenvalue weighted by Gasteiger charge is -2.21. The molecular formula is C23H27NO6. The van der Waals surface area contributed by atoms with Crippen LogP contribution in [0.2, 0.25) is 0 Å². The summed E-state index contributed by atoms with van der Waals surface area (Å²) in [5.41, 5.74) is 1.97. The van der Waals surface area contributed by atoms with Crippen LogP contribution >= 0.6 is 0 Å². The fourth-order valence-electron chi connectivity index (χ4n) is 4.38. The summed E-state index contributed by atoms with van der Waals surface area (Å²) in [5.74, 6) is 0.00629. The number of hydrogen-bond acceptors (Lipinski definition) is 6. The van der Waals surface area contributed by atoms with Crippen molar-refractivity contribution in [3.05, 3.63) is 39.7 Å². The maximum absolute atomic E-state index is 12.1. The molecule has 0 radical (unpaired) electrons. The molecule has 7 nitrogen and oxygen atoms in total. The number of rotatable bonds is 7. The van der Waals surface area contributed by atoms with E-state index in [1.807, 2.05) is 6.07 Å². The normalized spacial score (nSPS) is 16.3. The van der Waals surface area contributed by atoms with Crippen LogP contribution in [-0.4, -0.2) is 31.6 Å². The zero-order valence-corrected chi connectivity index (χ0v) is 17.0. The molecule has 1 heterocycles. The van der Waals surface area contributed by atoms with E-state index in [1.54, 1.807) is 12.1 Å². The summed E-state index contributed by atoms with van der Waals surface area (Å²) in [4.78, 5) is 35.8. The van der Waals surface area contributed by atoms with Gasteiger partial charge < -0.3 is 19.2 Å². The van der Waals surface area contributed by atoms with E-state index in [-0.39, 0.29) is 24.7 Å². The second-order valence-electron chi connectivity index (χ2n) is 8.12. The molecule has 2 aliphatic carbocycles. The van der Waals surface area contributed by atoms with E-state index in [4.69, 9.17) is 13.9 Å². The second-order valence-corrected chi connectivity index (χ2v) is 8.12. The summed E-state index contributed by atoms with van der Waals surface area (Å²) in [7, 11) is 0. The van der Waals surface area contributed by atoms with E-state index in [0.29, 0.717) is 23.8 Å². The van der Waals surface area contributed by atoms with Crippen molar-refractivity contribution < 1.29 is 23.5 Å². The van der Waals surface area contributed by atoms with Crippen LogP contribution in [0.5, 0.6) is 5.75 Å². The van der Waals surface area contributed by atoms with Crippen LogP contribution in [0.3, 0.4) is 0 Å². The molecule has 0 aliphatic heterocycles. The number of ether oxygens (including phenoxy) is 2. The van der Waals surface area contributed by atoms with E-state index in [9.17, 15) is 14.4 Å². The molecule has 1 aromatic carbocycles. The Balaban J connectivity index is 1.24. The molecular weight excluding hydrogens is 386 g/mol. The molecule has 30 heavy (non-hydrogen) atoms. The Bertz CT molecular complexity index is 989. The molecule has 1 saturated carbocycles. The molecule has 1 N–H and O–H groups in total. The number of fused-ring (bicyclic) bond motifs is 3. The summed E-state index contributed by atoms with van der Waals surface area (Å²) in [6.07, 6.45) is 8.57. The first-order valence-electron chi connectivity index (χ1n) is 10.7. The smallest absolute Gasteiger partial charge is 0.344 e. The van der Waals surface area contributed by atoms with Crippen molar-refractivity contribution in [1.29, 1.82) is 0 Å². The predicted molar refractivity (Wildman–Crippen MR) is 111 cm³/mol. The van der Waals surface area contributed by atoms with Gasteiger partial charge in [-0.15, -0.1) is 0 Å². The summed E-state index contributed by atoms with van der Waals surface area (Å²) < 4.78 is 15.8. The minimum Gasteiger partial charge on any atom is -0.482 e. The number of benzene rings is 1. The fourth-order valence-corrected chi connectivity index (χ4v) is 4.38. The third kappa shape index (κ3) is 4.83. The van der Waals surface area contributed by atoms with Gasteiger partial charge in [0.05, 0.1) is 0 Å². The van der Waals surface area contributed by atoms with Crippen LogP contribution in [0.15, 0.2) is 27.4 Å². The number of carbonyl (C=O) groups excluding carboxylic acids is 2. The van der Waals surface area contributed by atoms with Crippen molar-refractivity contribution in [3.8, 4) is 5.75 Å². The molecule has 0 spiro atoms. The zero-order chi connectivity index (χ0) is 20.9. The van der Waals surface area contributed by atoms with Crippen LogP contribution in [0, 0.1) is 5.92 Å². The number of esters is 1. The first kappa shape index (κ1) is 20.4. The van der Waals surface area contributed by atoms with Gasteiger partial charge in [0.1, 0.15) is 11.3 Å². The fraction of sp³-hybridized carbons (Fsp3) is 0.522. The summed E-state index contributed by atoms with van der Waals surface area (Å²) >= 11 is 0. The highest BCUT2D eigenvalue weighted by atomic mass is 16.6. The molecule has 160 valence electrons. The predicted octanol–water partition coefficient (Wildman–Crippen LogP) is 2.90. The van der Waals surface area contributed by atoms with E-state index in [0.717, 1.165) is 48.6 Å². The van der Waals surface area contributed by atoms with E-state index >= 15 is 0 Å². The number of hydrogen-bond donors (Lipinski definition) is 1. The Hall–Kier alpha value is -2.83. The van der Waals surface area contributed by atoms with Crippen molar-refractivity contribution in [1.82, 2.24) is 5.32 Å². The molecule has 2 aliphatic rings. The average Bonchev–Trinajstić information content (AvgIpc) is 3.26. The first-order valence-corrected chi connectivity index (χ1v) is 10.7. The highest BCUT2D eigenvalue weighted by Crippen LogP contribution is 2.29. The Morgan fingerprint density at radius 2 is 1.83 bits per heavy atom. The molecule has 0 atom stereocenters. The standard InChI is InChI=1S/C23H27NO6/c25-21(24-12-15-5-2-1-3-6-15)13-29-22(26)14-28-16-9-10-18-17-7-4-8-19(17)23(27)30-20(18)11-16/h9-11,15H,1-8,12-14H2,(H,24,25). The van der Waals surface area contributed by atoms with Gasteiger partial charge in [-0.2, -0.15) is 0 Å². The van der Waals surface area contributed by atoms with Crippen LogP contribution in [0.1, 0.15) is 49.7 Å². The minimum absolute atomic E-state index is 0.296. The highest BCUT2D eigenvalue weighted by Gasteiger charge is 2.20. The lowest BCUT2D eigenvalue weighted by molar-refractivity contribution is -0.150. The van der Waals surface area contributed by atoms with E-state index < -0.39 is 5.97 Å². The summed E-state index contributed by atoms with van der Waals surface area (Å²) in [5, 5.41) is 3.74. The Morgan fingerprint density at radius 3 is 2.67 bits per heavy atom. The monoisotopic (exact) mass is 413 g/mol. The Morgan fingerprint density at radius 1 is 1.03 bits per heavy atom. The average molecular weight is 413 g/mol. The molecule has 1 amide bonds. The van der Waals surface area contributed by atoms with Crippen molar-refractivity contribution in [2.24, 2.45) is 5.92 Å². The van der Waals surface area contributed by atoms with Gasteiger partial charge in [-0.25, -0.2) is 9.59 Å². The first-order chi connectivity index (χ1) is 14.6. The summed E-state index contributed by atoms with van der Waals surface area (Å²) in [6.45, 7) is 0.00308. The molecule has 0 bridgehead atoms. The van der Waals surface area contributed by atoms with Gasteiger partial charge in [0.2, 0.25) is 0 Å². The van der Waals surface area contributed by atoms with Crippen LogP contribution in [-0.2, 0) is 27.2 Å². The van der Waals surface area contributed by atoms with Crippen molar-refractivity contribution in [2.75, 3.05) is 19.8 Å². The third-order valence-corrected chi connectivity index (χ3v) is 5.98. The van der Waals surface area contributed by atoms with Gasteiger partial charge in [0.25, 0.3) is 5.91 Å². The Labute approximate surface area is 174 Å². The number of aryl methyl sites for hydroxylation is 1. The maximum atomic E-state index is 12.1. The number of nitrogens with one attached hydrogen (secondary N) is 1. The summed E-state index contributed by atoms with van der Waals surface area (Å²) in [6, 6.07) is 5.20. The molecule has 1 fully saturated rings.